The Labute approximate surface area is 121 Å². The molecule has 1 aliphatic carbocycles. The smallest absolute Gasteiger partial charge is 0.281 e. The first-order chi connectivity index (χ1) is 10.1. The molecule has 3 rings (SSSR count). The lowest BCUT2D eigenvalue weighted by atomic mass is 9.84. The predicted octanol–water partition coefficient (Wildman–Crippen LogP) is 2.84. The van der Waals surface area contributed by atoms with E-state index in [9.17, 15) is 14.0 Å². The molecular formula is C17H12FNO2. The first-order valence-electron chi connectivity index (χ1n) is 6.56. The minimum absolute atomic E-state index is 0.0127. The van der Waals surface area contributed by atoms with Crippen molar-refractivity contribution in [2.45, 2.75) is 13.1 Å². The molecule has 21 heavy (non-hydrogen) atoms. The van der Waals surface area contributed by atoms with Crippen LogP contribution in [0.4, 0.5) is 4.39 Å². The summed E-state index contributed by atoms with van der Waals surface area (Å²) in [7, 11) is 0. The summed E-state index contributed by atoms with van der Waals surface area (Å²) in [6, 6.07) is 9.04. The van der Waals surface area contributed by atoms with Gasteiger partial charge in [-0.15, -0.1) is 0 Å². The average Bonchev–Trinajstić information content (AvgIpc) is 2.47. The molecule has 1 aromatic carbocycles. The van der Waals surface area contributed by atoms with Crippen molar-refractivity contribution in [3.63, 3.8) is 0 Å². The molecule has 1 atom stereocenters. The summed E-state index contributed by atoms with van der Waals surface area (Å²) in [5.41, 5.74) is 2.08. The summed E-state index contributed by atoms with van der Waals surface area (Å²) >= 11 is 0. The first-order valence-corrected chi connectivity index (χ1v) is 6.56. The lowest BCUT2D eigenvalue weighted by molar-refractivity contribution is -0.119. The highest BCUT2D eigenvalue weighted by Gasteiger charge is 2.31. The Kier molecular flexibility index (Phi) is 3.22. The third kappa shape index (κ3) is 2.29. The summed E-state index contributed by atoms with van der Waals surface area (Å²) in [6.07, 6.45) is 2.95. The number of carbonyl (C=O) groups excluding carboxylic acids is 2. The van der Waals surface area contributed by atoms with Crippen LogP contribution in [-0.4, -0.2) is 23.6 Å². The van der Waals surface area contributed by atoms with Crippen molar-refractivity contribution in [2.24, 2.45) is 4.99 Å². The number of dihydropyridines is 1. The van der Waals surface area contributed by atoms with Gasteiger partial charge in [-0.3, -0.25) is 9.59 Å². The van der Waals surface area contributed by atoms with Gasteiger partial charge in [0.05, 0.1) is 11.3 Å². The van der Waals surface area contributed by atoms with Crippen LogP contribution in [0.15, 0.2) is 64.7 Å². The summed E-state index contributed by atoms with van der Waals surface area (Å²) in [6.45, 7) is 1.32. The number of aliphatic imine (C=N–C) groups is 1. The summed E-state index contributed by atoms with van der Waals surface area (Å²) in [5, 5.41) is 0. The number of benzene rings is 1. The summed E-state index contributed by atoms with van der Waals surface area (Å²) < 4.78 is 13.7. The minimum atomic E-state index is -1.25. The van der Waals surface area contributed by atoms with Crippen LogP contribution < -0.4 is 0 Å². The normalized spacial score (nSPS) is 20.9. The molecule has 0 bridgehead atoms. The zero-order chi connectivity index (χ0) is 15.0. The number of amides is 1. The van der Waals surface area contributed by atoms with E-state index in [4.69, 9.17) is 0 Å². The SMILES string of the molecule is CC(=O)C1=C(c2ccccc2)C2=CC(F)C=CC2=NC1=O. The lowest BCUT2D eigenvalue weighted by Gasteiger charge is -2.22. The standard InChI is InChI=1S/C17H12FNO2/c1-10(20)15-16(11-5-3-2-4-6-11)13-9-12(18)7-8-14(13)19-17(15)21/h2-9,12H,1H3. The van der Waals surface area contributed by atoms with Crippen LogP contribution in [0.5, 0.6) is 0 Å². The topological polar surface area (TPSA) is 46.5 Å². The lowest BCUT2D eigenvalue weighted by Crippen LogP contribution is -2.23. The Balaban J connectivity index is 2.28. The number of rotatable bonds is 2. The number of ketones is 1. The quantitative estimate of drug-likeness (QED) is 0.782. The molecule has 0 saturated carbocycles. The van der Waals surface area contributed by atoms with Gasteiger partial charge in [-0.25, -0.2) is 9.38 Å². The minimum Gasteiger partial charge on any atom is -0.294 e. The number of halogens is 1. The number of hydrogen-bond donors (Lipinski definition) is 0. The molecule has 3 nitrogen and oxygen atoms in total. The van der Waals surface area contributed by atoms with E-state index in [0.29, 0.717) is 22.4 Å². The van der Waals surface area contributed by atoms with E-state index in [0.717, 1.165) is 0 Å². The van der Waals surface area contributed by atoms with E-state index in [1.165, 1.54) is 25.2 Å². The molecule has 1 unspecified atom stereocenters. The number of Topliss-reactive ketones (excluding diaryl/α,β-unsaturated/α-hetero) is 1. The largest absolute Gasteiger partial charge is 0.294 e. The van der Waals surface area contributed by atoms with Gasteiger partial charge in [0.1, 0.15) is 6.17 Å². The first kappa shape index (κ1) is 13.4. The molecule has 1 heterocycles. The Morgan fingerprint density at radius 1 is 1.24 bits per heavy atom. The van der Waals surface area contributed by atoms with Gasteiger partial charge in [-0.1, -0.05) is 30.3 Å². The van der Waals surface area contributed by atoms with Gasteiger partial charge in [0, 0.05) is 11.1 Å². The Hall–Kier alpha value is -2.62. The maximum absolute atomic E-state index is 13.7. The van der Waals surface area contributed by atoms with Crippen molar-refractivity contribution in [2.75, 3.05) is 0 Å². The number of alkyl halides is 1. The molecule has 104 valence electrons. The Morgan fingerprint density at radius 3 is 2.62 bits per heavy atom. The van der Waals surface area contributed by atoms with Gasteiger partial charge >= 0.3 is 0 Å². The Morgan fingerprint density at radius 2 is 1.95 bits per heavy atom. The molecule has 0 radical (unpaired) electrons. The van der Waals surface area contributed by atoms with Crippen LogP contribution in [0.2, 0.25) is 0 Å². The Bertz CT molecular complexity index is 754. The molecule has 1 aliphatic heterocycles. The van der Waals surface area contributed by atoms with Gasteiger partial charge < -0.3 is 0 Å². The summed E-state index contributed by atoms with van der Waals surface area (Å²) in [4.78, 5) is 27.9. The highest BCUT2D eigenvalue weighted by Crippen LogP contribution is 2.34. The van der Waals surface area contributed by atoms with E-state index >= 15 is 0 Å². The van der Waals surface area contributed by atoms with Crippen LogP contribution in [0.3, 0.4) is 0 Å². The molecule has 0 N–H and O–H groups in total. The summed E-state index contributed by atoms with van der Waals surface area (Å²) in [5.74, 6) is -0.942. The molecule has 1 amide bonds. The van der Waals surface area contributed by atoms with Gasteiger partial charge in [0.2, 0.25) is 0 Å². The van der Waals surface area contributed by atoms with Crippen molar-refractivity contribution in [3.05, 3.63) is 65.3 Å². The van der Waals surface area contributed by atoms with Crippen molar-refractivity contribution >= 4 is 23.0 Å². The van der Waals surface area contributed by atoms with E-state index < -0.39 is 12.1 Å². The van der Waals surface area contributed by atoms with Crippen LogP contribution in [0.1, 0.15) is 12.5 Å². The molecule has 2 aliphatic rings. The van der Waals surface area contributed by atoms with Crippen LogP contribution in [0, 0.1) is 0 Å². The van der Waals surface area contributed by atoms with E-state index in [1.54, 1.807) is 12.1 Å². The third-order valence-electron chi connectivity index (χ3n) is 3.41. The number of allylic oxidation sites excluding steroid dienone is 5. The maximum Gasteiger partial charge on any atom is 0.281 e. The number of nitrogens with zero attached hydrogens (tertiary/aromatic N) is 1. The second-order valence-corrected chi connectivity index (χ2v) is 4.86. The average molecular weight is 281 g/mol. The third-order valence-corrected chi connectivity index (χ3v) is 3.41. The fraction of sp³-hybridized carbons (Fsp3) is 0.118. The van der Waals surface area contributed by atoms with Crippen molar-refractivity contribution in [1.29, 1.82) is 0 Å². The second-order valence-electron chi connectivity index (χ2n) is 4.86. The number of fused-ring (bicyclic) bond motifs is 1. The highest BCUT2D eigenvalue weighted by molar-refractivity contribution is 6.37. The van der Waals surface area contributed by atoms with Gasteiger partial charge in [-0.2, -0.15) is 0 Å². The van der Waals surface area contributed by atoms with E-state index in [1.807, 2.05) is 18.2 Å². The molecule has 0 aromatic heterocycles. The fourth-order valence-electron chi connectivity index (χ4n) is 2.52. The number of carbonyl (C=O) groups is 2. The predicted molar refractivity (Wildman–Crippen MR) is 78.6 cm³/mol. The van der Waals surface area contributed by atoms with Gasteiger partial charge in [-0.05, 0) is 30.7 Å². The van der Waals surface area contributed by atoms with E-state index in [-0.39, 0.29) is 11.4 Å². The number of hydrogen-bond acceptors (Lipinski definition) is 2. The van der Waals surface area contributed by atoms with Crippen molar-refractivity contribution < 1.29 is 14.0 Å². The van der Waals surface area contributed by atoms with E-state index in [2.05, 4.69) is 4.99 Å². The molecule has 0 fully saturated rings. The second kappa shape index (κ2) is 5.05. The van der Waals surface area contributed by atoms with Crippen LogP contribution in [-0.2, 0) is 9.59 Å². The van der Waals surface area contributed by atoms with Gasteiger partial charge in [0.15, 0.2) is 5.78 Å². The molecule has 0 spiro atoms. The fourth-order valence-corrected chi connectivity index (χ4v) is 2.52. The zero-order valence-electron chi connectivity index (χ0n) is 11.3. The molecule has 0 saturated heterocycles. The zero-order valence-corrected chi connectivity index (χ0v) is 11.3. The van der Waals surface area contributed by atoms with Crippen LogP contribution in [0.25, 0.3) is 5.57 Å². The monoisotopic (exact) mass is 281 g/mol. The van der Waals surface area contributed by atoms with Crippen molar-refractivity contribution in [3.8, 4) is 0 Å². The highest BCUT2D eigenvalue weighted by atomic mass is 19.1. The van der Waals surface area contributed by atoms with Gasteiger partial charge in [0.25, 0.3) is 5.91 Å². The molecule has 4 heteroatoms. The molecule has 1 aromatic rings. The maximum atomic E-state index is 13.7. The van der Waals surface area contributed by atoms with Crippen molar-refractivity contribution in [1.82, 2.24) is 0 Å². The van der Waals surface area contributed by atoms with Crippen LogP contribution >= 0.6 is 0 Å². The molecular weight excluding hydrogens is 269 g/mol.